The van der Waals surface area contributed by atoms with Crippen molar-refractivity contribution in [3.63, 3.8) is 0 Å². The highest BCUT2D eigenvalue weighted by Gasteiger charge is 2.19. The van der Waals surface area contributed by atoms with Crippen molar-refractivity contribution in [2.75, 3.05) is 19.0 Å². The zero-order valence-electron chi connectivity index (χ0n) is 14.3. The predicted octanol–water partition coefficient (Wildman–Crippen LogP) is 2.57. The molecule has 2 aromatic carbocycles. The van der Waals surface area contributed by atoms with Gasteiger partial charge in [-0.1, -0.05) is 23.2 Å². The summed E-state index contributed by atoms with van der Waals surface area (Å²) in [6.45, 7) is -0.643. The molecule has 0 heterocycles. The van der Waals surface area contributed by atoms with Crippen LogP contribution in [0.1, 0.15) is 15.9 Å². The minimum absolute atomic E-state index is 0.0284. The second-order valence-corrected chi connectivity index (χ2v) is 7.98. The number of sulfonamides is 1. The standard InChI is InChI=1S/C17H13Cl2N3O5S/c1-21-28(25,26)12-4-5-14(18)13(7-12)17(24)27-9-16(23)22-11-3-2-10(8-20)15(19)6-11/h2-7,21H,9H2,1H3,(H,22,23). The monoisotopic (exact) mass is 441 g/mol. The number of ether oxygens (including phenoxy) is 1. The first-order chi connectivity index (χ1) is 13.2. The molecule has 0 aliphatic carbocycles. The highest BCUT2D eigenvalue weighted by Crippen LogP contribution is 2.22. The van der Waals surface area contributed by atoms with E-state index in [-0.39, 0.29) is 26.1 Å². The van der Waals surface area contributed by atoms with E-state index in [1.54, 1.807) is 0 Å². The number of halogens is 2. The van der Waals surface area contributed by atoms with Gasteiger partial charge in [0.25, 0.3) is 5.91 Å². The van der Waals surface area contributed by atoms with E-state index in [4.69, 9.17) is 33.2 Å². The number of carbonyl (C=O) groups is 2. The molecule has 28 heavy (non-hydrogen) atoms. The largest absolute Gasteiger partial charge is 0.452 e. The van der Waals surface area contributed by atoms with Gasteiger partial charge in [0, 0.05) is 5.69 Å². The fourth-order valence-corrected chi connectivity index (χ4v) is 3.21. The Morgan fingerprint density at radius 3 is 2.46 bits per heavy atom. The van der Waals surface area contributed by atoms with Crippen molar-refractivity contribution in [1.29, 1.82) is 5.26 Å². The number of nitrogens with one attached hydrogen (secondary N) is 2. The van der Waals surface area contributed by atoms with E-state index in [2.05, 4.69) is 10.0 Å². The van der Waals surface area contributed by atoms with Crippen molar-refractivity contribution in [2.45, 2.75) is 4.90 Å². The van der Waals surface area contributed by atoms with E-state index < -0.39 is 28.5 Å². The van der Waals surface area contributed by atoms with Crippen molar-refractivity contribution in [3.8, 4) is 6.07 Å². The molecule has 0 saturated carbocycles. The molecule has 8 nitrogen and oxygen atoms in total. The molecule has 0 atom stereocenters. The molecule has 11 heteroatoms. The van der Waals surface area contributed by atoms with E-state index in [1.165, 1.54) is 37.4 Å². The average molecular weight is 442 g/mol. The van der Waals surface area contributed by atoms with Crippen LogP contribution >= 0.6 is 23.2 Å². The molecule has 0 saturated heterocycles. The van der Waals surface area contributed by atoms with E-state index in [1.807, 2.05) is 6.07 Å². The van der Waals surface area contributed by atoms with Crippen LogP contribution < -0.4 is 10.0 Å². The highest BCUT2D eigenvalue weighted by atomic mass is 35.5. The zero-order valence-corrected chi connectivity index (χ0v) is 16.7. The summed E-state index contributed by atoms with van der Waals surface area (Å²) in [5.41, 5.74) is 0.356. The maximum Gasteiger partial charge on any atom is 0.340 e. The number of benzene rings is 2. The Morgan fingerprint density at radius 2 is 1.86 bits per heavy atom. The molecular formula is C17H13Cl2N3O5S. The van der Waals surface area contributed by atoms with Gasteiger partial charge >= 0.3 is 5.97 Å². The number of nitrogens with zero attached hydrogens (tertiary/aromatic N) is 1. The molecule has 1 amide bonds. The molecule has 0 unspecified atom stereocenters. The maximum atomic E-state index is 12.2. The molecule has 0 spiro atoms. The summed E-state index contributed by atoms with van der Waals surface area (Å²) in [6.07, 6.45) is 0. The number of rotatable bonds is 6. The summed E-state index contributed by atoms with van der Waals surface area (Å²) in [5.74, 6) is -1.63. The number of hydrogen-bond acceptors (Lipinski definition) is 6. The molecule has 0 aliphatic heterocycles. The number of nitriles is 1. The SMILES string of the molecule is CNS(=O)(=O)c1ccc(Cl)c(C(=O)OCC(=O)Nc2ccc(C#N)c(Cl)c2)c1. The summed E-state index contributed by atoms with van der Waals surface area (Å²) in [7, 11) is -2.56. The predicted molar refractivity (Wildman–Crippen MR) is 103 cm³/mol. The second kappa shape index (κ2) is 9.03. The van der Waals surface area contributed by atoms with Crippen LogP contribution in [0.5, 0.6) is 0 Å². The highest BCUT2D eigenvalue weighted by molar-refractivity contribution is 7.89. The van der Waals surface area contributed by atoms with Gasteiger partial charge in [0.1, 0.15) is 6.07 Å². The van der Waals surface area contributed by atoms with Gasteiger partial charge in [0.2, 0.25) is 10.0 Å². The number of carbonyl (C=O) groups excluding carboxylic acids is 2. The Balaban J connectivity index is 2.06. The van der Waals surface area contributed by atoms with E-state index in [0.717, 1.165) is 6.07 Å². The first-order valence-corrected chi connectivity index (χ1v) is 9.81. The van der Waals surface area contributed by atoms with Crippen molar-refractivity contribution in [2.24, 2.45) is 0 Å². The molecule has 0 aliphatic rings. The molecule has 0 bridgehead atoms. The summed E-state index contributed by atoms with van der Waals surface area (Å²) >= 11 is 11.8. The lowest BCUT2D eigenvalue weighted by Gasteiger charge is -2.09. The van der Waals surface area contributed by atoms with Crippen LogP contribution in [0.3, 0.4) is 0 Å². The van der Waals surface area contributed by atoms with E-state index in [0.29, 0.717) is 5.69 Å². The molecule has 0 aromatic heterocycles. The number of hydrogen-bond donors (Lipinski definition) is 2. The van der Waals surface area contributed by atoms with Crippen LogP contribution in [0, 0.1) is 11.3 Å². The van der Waals surface area contributed by atoms with Crippen molar-refractivity contribution < 1.29 is 22.7 Å². The van der Waals surface area contributed by atoms with Crippen LogP contribution in [0.25, 0.3) is 0 Å². The Labute approximate surface area is 171 Å². The minimum atomic E-state index is -3.78. The topological polar surface area (TPSA) is 125 Å². The smallest absolute Gasteiger partial charge is 0.340 e. The van der Waals surface area contributed by atoms with Gasteiger partial charge in [-0.15, -0.1) is 0 Å². The molecule has 2 N–H and O–H groups in total. The Bertz CT molecular complexity index is 1080. The van der Waals surface area contributed by atoms with Crippen LogP contribution in [0.15, 0.2) is 41.3 Å². The molecular weight excluding hydrogens is 429 g/mol. The lowest BCUT2D eigenvalue weighted by Crippen LogP contribution is -2.22. The quantitative estimate of drug-likeness (QED) is 0.663. The fourth-order valence-electron chi connectivity index (χ4n) is 2.04. The normalized spacial score (nSPS) is 10.8. The van der Waals surface area contributed by atoms with Gasteiger partial charge in [-0.2, -0.15) is 5.26 Å². The average Bonchev–Trinajstić information content (AvgIpc) is 2.66. The molecule has 2 aromatic rings. The number of esters is 1. The van der Waals surface area contributed by atoms with Crippen molar-refractivity contribution in [1.82, 2.24) is 4.72 Å². The number of anilines is 1. The lowest BCUT2D eigenvalue weighted by atomic mass is 10.2. The first kappa shape index (κ1) is 21.7. The van der Waals surface area contributed by atoms with Crippen molar-refractivity contribution in [3.05, 3.63) is 57.6 Å². The lowest BCUT2D eigenvalue weighted by molar-refractivity contribution is -0.119. The van der Waals surface area contributed by atoms with Gasteiger partial charge in [0.05, 0.1) is 26.1 Å². The fraction of sp³-hybridized carbons (Fsp3) is 0.118. The summed E-state index contributed by atoms with van der Waals surface area (Å²) in [6, 6.07) is 9.67. The summed E-state index contributed by atoms with van der Waals surface area (Å²) in [4.78, 5) is 23.9. The second-order valence-electron chi connectivity index (χ2n) is 5.28. The van der Waals surface area contributed by atoms with Crippen LogP contribution in [0.2, 0.25) is 10.0 Å². The van der Waals surface area contributed by atoms with Gasteiger partial charge in [0.15, 0.2) is 6.61 Å². The zero-order chi connectivity index (χ0) is 20.9. The third-order valence-corrected chi connectivity index (χ3v) is 5.50. The van der Waals surface area contributed by atoms with Gasteiger partial charge in [-0.3, -0.25) is 4.79 Å². The maximum absolute atomic E-state index is 12.2. The van der Waals surface area contributed by atoms with Crippen LogP contribution in [-0.4, -0.2) is 33.9 Å². The van der Waals surface area contributed by atoms with Gasteiger partial charge < -0.3 is 10.1 Å². The molecule has 2 rings (SSSR count). The molecule has 0 radical (unpaired) electrons. The molecule has 0 fully saturated rings. The Morgan fingerprint density at radius 1 is 1.14 bits per heavy atom. The molecule has 146 valence electrons. The first-order valence-electron chi connectivity index (χ1n) is 7.57. The minimum Gasteiger partial charge on any atom is -0.452 e. The van der Waals surface area contributed by atoms with E-state index >= 15 is 0 Å². The van der Waals surface area contributed by atoms with Gasteiger partial charge in [-0.25, -0.2) is 17.9 Å². The third-order valence-electron chi connectivity index (χ3n) is 3.44. The Kier molecular flexibility index (Phi) is 6.99. The van der Waals surface area contributed by atoms with Gasteiger partial charge in [-0.05, 0) is 43.4 Å². The summed E-state index contributed by atoms with van der Waals surface area (Å²) in [5, 5.41) is 11.4. The number of amides is 1. The van der Waals surface area contributed by atoms with Crippen LogP contribution in [-0.2, 0) is 19.6 Å². The van der Waals surface area contributed by atoms with Crippen molar-refractivity contribution >= 4 is 50.8 Å². The van der Waals surface area contributed by atoms with Crippen LogP contribution in [0.4, 0.5) is 5.69 Å². The van der Waals surface area contributed by atoms with E-state index in [9.17, 15) is 18.0 Å². The summed E-state index contributed by atoms with van der Waals surface area (Å²) < 4.78 is 30.7. The third kappa shape index (κ3) is 5.21. The Hall–Kier alpha value is -2.64.